The van der Waals surface area contributed by atoms with E-state index < -0.39 is 0 Å². The summed E-state index contributed by atoms with van der Waals surface area (Å²) in [6.45, 7) is 9.45. The lowest BCUT2D eigenvalue weighted by Gasteiger charge is -2.49. The van der Waals surface area contributed by atoms with Crippen LogP contribution in [0.2, 0.25) is 0 Å². The maximum atomic E-state index is 3.85. The van der Waals surface area contributed by atoms with E-state index in [0.29, 0.717) is 17.6 Å². The lowest BCUT2D eigenvalue weighted by molar-refractivity contribution is 0.0418. The molecule has 20 heavy (non-hydrogen) atoms. The number of benzene rings is 1. The van der Waals surface area contributed by atoms with Gasteiger partial charge in [0.2, 0.25) is 0 Å². The minimum Gasteiger partial charge on any atom is -0.308 e. The molecule has 1 aliphatic heterocycles. The zero-order chi connectivity index (χ0) is 14.2. The highest BCUT2D eigenvalue weighted by atomic mass is 15.3. The Bertz CT molecular complexity index is 440. The largest absolute Gasteiger partial charge is 0.308 e. The predicted octanol–water partition coefficient (Wildman–Crippen LogP) is 3.60. The first-order valence-corrected chi connectivity index (χ1v) is 8.20. The van der Waals surface area contributed by atoms with Crippen molar-refractivity contribution < 1.29 is 0 Å². The molecule has 2 nitrogen and oxygen atoms in total. The molecule has 0 amide bonds. The summed E-state index contributed by atoms with van der Waals surface area (Å²) in [5.74, 6) is 0.894. The number of nitrogens with zero attached hydrogens (tertiary/aromatic N) is 1. The number of nitrogens with one attached hydrogen (secondary N) is 1. The van der Waals surface area contributed by atoms with Crippen molar-refractivity contribution in [1.82, 2.24) is 10.2 Å². The van der Waals surface area contributed by atoms with Crippen LogP contribution in [-0.2, 0) is 0 Å². The minimum absolute atomic E-state index is 0.328. The quantitative estimate of drug-likeness (QED) is 0.901. The van der Waals surface area contributed by atoms with Crippen molar-refractivity contribution in [3.8, 4) is 0 Å². The van der Waals surface area contributed by atoms with Crippen LogP contribution in [0.5, 0.6) is 0 Å². The topological polar surface area (TPSA) is 15.3 Å². The Balaban J connectivity index is 1.80. The van der Waals surface area contributed by atoms with Crippen molar-refractivity contribution in [2.75, 3.05) is 13.1 Å². The van der Waals surface area contributed by atoms with E-state index >= 15 is 0 Å². The van der Waals surface area contributed by atoms with Gasteiger partial charge >= 0.3 is 0 Å². The summed E-state index contributed by atoms with van der Waals surface area (Å²) in [6.07, 6.45) is 4.05. The molecule has 1 saturated carbocycles. The average Bonchev–Trinajstić information content (AvgIpc) is 3.32. The van der Waals surface area contributed by atoms with Gasteiger partial charge < -0.3 is 5.32 Å². The maximum Gasteiger partial charge on any atom is 0.0324 e. The average molecular weight is 272 g/mol. The van der Waals surface area contributed by atoms with Crippen molar-refractivity contribution in [2.24, 2.45) is 5.92 Å². The molecule has 3 unspecified atom stereocenters. The Kier molecular flexibility index (Phi) is 3.87. The van der Waals surface area contributed by atoms with Crippen LogP contribution < -0.4 is 5.32 Å². The number of rotatable bonds is 4. The van der Waals surface area contributed by atoms with Gasteiger partial charge in [0.15, 0.2) is 0 Å². The molecule has 1 heterocycles. The van der Waals surface area contributed by atoms with Gasteiger partial charge in [0.1, 0.15) is 0 Å². The van der Waals surface area contributed by atoms with E-state index in [-0.39, 0.29) is 0 Å². The third kappa shape index (κ3) is 2.64. The molecule has 0 aromatic heterocycles. The highest BCUT2D eigenvalue weighted by Gasteiger charge is 2.46. The van der Waals surface area contributed by atoms with E-state index in [4.69, 9.17) is 0 Å². The Hall–Kier alpha value is -0.860. The van der Waals surface area contributed by atoms with Crippen LogP contribution in [-0.4, -0.2) is 29.6 Å². The lowest BCUT2D eigenvalue weighted by atomic mass is 9.88. The fourth-order valence-corrected chi connectivity index (χ4v) is 3.78. The SMILES string of the molecule is CCC1CNC(C)(C2CC2)CN1C(C)c1ccccc1. The molecule has 1 aromatic rings. The second kappa shape index (κ2) is 5.50. The molecule has 0 radical (unpaired) electrons. The molecule has 1 aliphatic carbocycles. The zero-order valence-electron chi connectivity index (χ0n) is 13.1. The van der Waals surface area contributed by atoms with Crippen molar-refractivity contribution in [1.29, 1.82) is 0 Å². The number of hydrogen-bond acceptors (Lipinski definition) is 2. The molecule has 2 aliphatic rings. The zero-order valence-corrected chi connectivity index (χ0v) is 13.1. The fourth-order valence-electron chi connectivity index (χ4n) is 3.78. The Labute approximate surface area is 123 Å². The highest BCUT2D eigenvalue weighted by molar-refractivity contribution is 5.19. The van der Waals surface area contributed by atoms with Crippen molar-refractivity contribution >= 4 is 0 Å². The summed E-state index contributed by atoms with van der Waals surface area (Å²) in [5, 5.41) is 3.85. The van der Waals surface area contributed by atoms with Gasteiger partial charge in [0.05, 0.1) is 0 Å². The molecule has 0 bridgehead atoms. The maximum absolute atomic E-state index is 3.85. The van der Waals surface area contributed by atoms with Crippen molar-refractivity contribution in [3.63, 3.8) is 0 Å². The first-order chi connectivity index (χ1) is 9.64. The second-order valence-electron chi connectivity index (χ2n) is 6.89. The third-order valence-electron chi connectivity index (χ3n) is 5.45. The first kappa shape index (κ1) is 14.1. The van der Waals surface area contributed by atoms with Gasteiger partial charge in [0.25, 0.3) is 0 Å². The third-order valence-corrected chi connectivity index (χ3v) is 5.45. The molecular formula is C18H28N2. The van der Waals surface area contributed by atoms with E-state index in [0.717, 1.165) is 12.5 Å². The van der Waals surface area contributed by atoms with Crippen LogP contribution in [0.15, 0.2) is 30.3 Å². The predicted molar refractivity (Wildman–Crippen MR) is 84.8 cm³/mol. The molecule has 2 heteroatoms. The number of hydrogen-bond donors (Lipinski definition) is 1. The molecular weight excluding hydrogens is 244 g/mol. The van der Waals surface area contributed by atoms with Gasteiger partial charge in [-0.25, -0.2) is 0 Å². The lowest BCUT2D eigenvalue weighted by Crippen LogP contribution is -2.64. The van der Waals surface area contributed by atoms with E-state index in [9.17, 15) is 0 Å². The van der Waals surface area contributed by atoms with E-state index in [2.05, 4.69) is 61.3 Å². The molecule has 3 atom stereocenters. The molecule has 110 valence electrons. The normalized spacial score (nSPS) is 33.0. The van der Waals surface area contributed by atoms with Crippen LogP contribution in [0.3, 0.4) is 0 Å². The summed E-state index contributed by atoms with van der Waals surface area (Å²) in [7, 11) is 0. The Morgan fingerprint density at radius 2 is 2.00 bits per heavy atom. The van der Waals surface area contributed by atoms with Gasteiger partial charge in [-0.05, 0) is 44.6 Å². The monoisotopic (exact) mass is 272 g/mol. The van der Waals surface area contributed by atoms with Crippen LogP contribution in [0, 0.1) is 5.92 Å². The van der Waals surface area contributed by atoms with Gasteiger partial charge in [-0.1, -0.05) is 37.3 Å². The van der Waals surface area contributed by atoms with Crippen molar-refractivity contribution in [3.05, 3.63) is 35.9 Å². The van der Waals surface area contributed by atoms with Crippen LogP contribution in [0.4, 0.5) is 0 Å². The molecule has 3 rings (SSSR count). The van der Waals surface area contributed by atoms with Crippen molar-refractivity contribution in [2.45, 2.75) is 57.7 Å². The summed E-state index contributed by atoms with van der Waals surface area (Å²) < 4.78 is 0. The van der Waals surface area contributed by atoms with Gasteiger partial charge in [-0.3, -0.25) is 4.90 Å². The van der Waals surface area contributed by atoms with E-state index in [1.54, 1.807) is 0 Å². The van der Waals surface area contributed by atoms with Gasteiger partial charge in [0, 0.05) is 30.7 Å². The molecule has 1 saturated heterocycles. The molecule has 0 spiro atoms. The van der Waals surface area contributed by atoms with Crippen LogP contribution >= 0.6 is 0 Å². The Morgan fingerprint density at radius 3 is 2.60 bits per heavy atom. The van der Waals surface area contributed by atoms with E-state index in [1.165, 1.54) is 31.4 Å². The number of piperazine rings is 1. The van der Waals surface area contributed by atoms with Crippen LogP contribution in [0.1, 0.15) is 51.6 Å². The first-order valence-electron chi connectivity index (χ1n) is 8.20. The minimum atomic E-state index is 0.328. The standard InChI is InChI=1S/C18H28N2/c1-4-17-12-19-18(3,16-10-11-16)13-20(17)14(2)15-8-6-5-7-9-15/h5-9,14,16-17,19H,4,10-13H2,1-3H3. The summed E-state index contributed by atoms with van der Waals surface area (Å²) >= 11 is 0. The molecule has 1 N–H and O–H groups in total. The van der Waals surface area contributed by atoms with E-state index in [1.807, 2.05) is 0 Å². The van der Waals surface area contributed by atoms with Gasteiger partial charge in [-0.15, -0.1) is 0 Å². The summed E-state index contributed by atoms with van der Waals surface area (Å²) in [4.78, 5) is 2.74. The Morgan fingerprint density at radius 1 is 1.30 bits per heavy atom. The highest BCUT2D eigenvalue weighted by Crippen LogP contribution is 2.42. The van der Waals surface area contributed by atoms with Gasteiger partial charge in [-0.2, -0.15) is 0 Å². The second-order valence-corrected chi connectivity index (χ2v) is 6.89. The fraction of sp³-hybridized carbons (Fsp3) is 0.667. The molecule has 2 fully saturated rings. The molecule has 1 aromatic carbocycles. The smallest absolute Gasteiger partial charge is 0.0324 e. The van der Waals surface area contributed by atoms with Crippen LogP contribution in [0.25, 0.3) is 0 Å². The summed E-state index contributed by atoms with van der Waals surface area (Å²) in [5.41, 5.74) is 1.78. The summed E-state index contributed by atoms with van der Waals surface area (Å²) in [6, 6.07) is 12.2.